The molecule has 2 rings (SSSR count). The van der Waals surface area contributed by atoms with Gasteiger partial charge in [-0.15, -0.1) is 4.83 Å². The molecule has 5 nitrogen and oxygen atoms in total. The Morgan fingerprint density at radius 1 is 0.950 bits per heavy atom. The number of carbonyl (C=O) groups is 1. The van der Waals surface area contributed by atoms with Crippen LogP contribution in [0.5, 0.6) is 0 Å². The average Bonchev–Trinajstić information content (AvgIpc) is 2.46. The molecule has 0 fully saturated rings. The van der Waals surface area contributed by atoms with Gasteiger partial charge in [-0.2, -0.15) is 0 Å². The molecule has 0 heterocycles. The minimum Gasteiger partial charge on any atom is -0.273 e. The van der Waals surface area contributed by atoms with Gasteiger partial charge in [-0.3, -0.25) is 10.2 Å². The van der Waals surface area contributed by atoms with Gasteiger partial charge in [0.15, 0.2) is 0 Å². The molecule has 0 aliphatic heterocycles. The van der Waals surface area contributed by atoms with Crippen LogP contribution in [0.25, 0.3) is 0 Å². The number of sulfonamides is 1. The van der Waals surface area contributed by atoms with Gasteiger partial charge >= 0.3 is 0 Å². The van der Waals surface area contributed by atoms with Gasteiger partial charge in [0, 0.05) is 5.56 Å². The Morgan fingerprint density at radius 2 is 1.55 bits per heavy atom. The molecule has 0 atom stereocenters. The molecule has 0 saturated heterocycles. The quantitative estimate of drug-likeness (QED) is 0.840. The van der Waals surface area contributed by atoms with E-state index in [9.17, 15) is 13.2 Å². The fourth-order valence-electron chi connectivity index (χ4n) is 1.69. The largest absolute Gasteiger partial charge is 0.273 e. The van der Waals surface area contributed by atoms with E-state index in [0.717, 1.165) is 0 Å². The van der Waals surface area contributed by atoms with Crippen LogP contribution in [0.3, 0.4) is 0 Å². The monoisotopic (exact) mass is 290 g/mol. The molecule has 0 unspecified atom stereocenters. The second-order valence-corrected chi connectivity index (χ2v) is 5.84. The Morgan fingerprint density at radius 3 is 2.20 bits per heavy atom. The molecule has 0 aliphatic rings. The van der Waals surface area contributed by atoms with E-state index in [1.54, 1.807) is 55.5 Å². The summed E-state index contributed by atoms with van der Waals surface area (Å²) in [5, 5.41) is 0. The molecule has 104 valence electrons. The van der Waals surface area contributed by atoms with E-state index in [2.05, 4.69) is 10.3 Å². The van der Waals surface area contributed by atoms with Crippen molar-refractivity contribution in [2.45, 2.75) is 11.8 Å². The molecule has 0 spiro atoms. The van der Waals surface area contributed by atoms with Gasteiger partial charge in [0.25, 0.3) is 15.9 Å². The lowest BCUT2D eigenvalue weighted by Crippen LogP contribution is -2.41. The number of carbonyl (C=O) groups excluding carboxylic acids is 1. The summed E-state index contributed by atoms with van der Waals surface area (Å²) in [6, 6.07) is 14.9. The summed E-state index contributed by atoms with van der Waals surface area (Å²) >= 11 is 0. The van der Waals surface area contributed by atoms with Gasteiger partial charge in [-0.05, 0) is 30.7 Å². The first kappa shape index (κ1) is 14.2. The molecule has 0 aromatic heterocycles. The highest BCUT2D eigenvalue weighted by molar-refractivity contribution is 7.89. The molecular formula is C14H14N2O3S. The molecule has 2 aromatic carbocycles. The molecular weight excluding hydrogens is 276 g/mol. The normalized spacial score (nSPS) is 11.1. The van der Waals surface area contributed by atoms with Gasteiger partial charge in [0.1, 0.15) is 0 Å². The van der Waals surface area contributed by atoms with Crippen molar-refractivity contribution >= 4 is 15.9 Å². The van der Waals surface area contributed by atoms with Gasteiger partial charge in [0.05, 0.1) is 4.90 Å². The van der Waals surface area contributed by atoms with Gasteiger partial charge < -0.3 is 0 Å². The first-order valence-corrected chi connectivity index (χ1v) is 7.42. The van der Waals surface area contributed by atoms with E-state index >= 15 is 0 Å². The zero-order chi connectivity index (χ0) is 14.6. The Kier molecular flexibility index (Phi) is 4.16. The zero-order valence-corrected chi connectivity index (χ0v) is 11.6. The van der Waals surface area contributed by atoms with E-state index in [-0.39, 0.29) is 4.90 Å². The highest BCUT2D eigenvalue weighted by Gasteiger charge is 2.17. The van der Waals surface area contributed by atoms with Crippen molar-refractivity contribution in [1.82, 2.24) is 10.3 Å². The molecule has 0 radical (unpaired) electrons. The van der Waals surface area contributed by atoms with Crippen molar-refractivity contribution in [1.29, 1.82) is 0 Å². The molecule has 0 bridgehead atoms. The second-order valence-electron chi connectivity index (χ2n) is 4.19. The molecule has 0 saturated carbocycles. The molecule has 1 amide bonds. The van der Waals surface area contributed by atoms with Crippen molar-refractivity contribution in [3.63, 3.8) is 0 Å². The number of amides is 1. The summed E-state index contributed by atoms with van der Waals surface area (Å²) < 4.78 is 24.1. The summed E-state index contributed by atoms with van der Waals surface area (Å²) in [4.78, 5) is 14.0. The van der Waals surface area contributed by atoms with Crippen LogP contribution < -0.4 is 10.3 Å². The zero-order valence-electron chi connectivity index (χ0n) is 10.8. The smallest absolute Gasteiger partial charge is 0.266 e. The Hall–Kier alpha value is -2.18. The van der Waals surface area contributed by atoms with Crippen LogP contribution in [0.2, 0.25) is 0 Å². The number of hydrogen-bond donors (Lipinski definition) is 2. The van der Waals surface area contributed by atoms with E-state index < -0.39 is 15.9 Å². The number of rotatable bonds is 4. The van der Waals surface area contributed by atoms with Crippen molar-refractivity contribution in [3.8, 4) is 0 Å². The topological polar surface area (TPSA) is 75.3 Å². The maximum atomic E-state index is 12.1. The van der Waals surface area contributed by atoms with Crippen LogP contribution in [0.1, 0.15) is 15.9 Å². The number of benzene rings is 2. The third kappa shape index (κ3) is 3.23. The van der Waals surface area contributed by atoms with Gasteiger partial charge in [-0.1, -0.05) is 36.4 Å². The number of hydrogen-bond acceptors (Lipinski definition) is 3. The Bertz CT molecular complexity index is 712. The second kappa shape index (κ2) is 5.85. The third-order valence-electron chi connectivity index (χ3n) is 2.72. The average molecular weight is 290 g/mol. The minimum atomic E-state index is -3.78. The van der Waals surface area contributed by atoms with Gasteiger partial charge in [0.2, 0.25) is 0 Å². The van der Waals surface area contributed by atoms with E-state index in [4.69, 9.17) is 0 Å². The lowest BCUT2D eigenvalue weighted by molar-refractivity contribution is 0.0945. The summed E-state index contributed by atoms with van der Waals surface area (Å²) in [5.41, 5.74) is 3.17. The third-order valence-corrected chi connectivity index (χ3v) is 4.13. The van der Waals surface area contributed by atoms with Crippen molar-refractivity contribution in [2.24, 2.45) is 0 Å². The fourth-order valence-corrected chi connectivity index (χ4v) is 2.77. The minimum absolute atomic E-state index is 0.133. The lowest BCUT2D eigenvalue weighted by atomic mass is 10.2. The molecule has 20 heavy (non-hydrogen) atoms. The standard InChI is InChI=1S/C14H14N2O3S/c1-11-7-5-6-10-13(11)20(18,19)16-15-14(17)12-8-3-2-4-9-12/h2-10,16H,1H3,(H,15,17). The van der Waals surface area contributed by atoms with Crippen molar-refractivity contribution in [3.05, 3.63) is 65.7 Å². The van der Waals surface area contributed by atoms with E-state index in [1.165, 1.54) is 6.07 Å². The van der Waals surface area contributed by atoms with Gasteiger partial charge in [-0.25, -0.2) is 8.42 Å². The molecule has 2 aromatic rings. The highest BCUT2D eigenvalue weighted by atomic mass is 32.2. The van der Waals surface area contributed by atoms with E-state index in [1.807, 2.05) is 0 Å². The first-order valence-electron chi connectivity index (χ1n) is 5.93. The summed E-state index contributed by atoms with van der Waals surface area (Å²) in [5.74, 6) is -0.511. The summed E-state index contributed by atoms with van der Waals surface area (Å²) in [6.45, 7) is 1.69. The molecule has 0 aliphatic carbocycles. The molecule has 2 N–H and O–H groups in total. The van der Waals surface area contributed by atoms with Crippen molar-refractivity contribution in [2.75, 3.05) is 0 Å². The summed E-state index contributed by atoms with van der Waals surface area (Å²) in [7, 11) is -3.78. The fraction of sp³-hybridized carbons (Fsp3) is 0.0714. The molecule has 6 heteroatoms. The first-order chi connectivity index (χ1) is 9.50. The lowest BCUT2D eigenvalue weighted by Gasteiger charge is -2.10. The van der Waals surface area contributed by atoms with Crippen LogP contribution in [0, 0.1) is 6.92 Å². The Labute approximate surface area is 117 Å². The number of aryl methyl sites for hydroxylation is 1. The Balaban J connectivity index is 2.11. The predicted octanol–water partition coefficient (Wildman–Crippen LogP) is 1.62. The number of hydrazine groups is 1. The van der Waals surface area contributed by atoms with Crippen LogP contribution >= 0.6 is 0 Å². The maximum Gasteiger partial charge on any atom is 0.266 e. The maximum absolute atomic E-state index is 12.1. The highest BCUT2D eigenvalue weighted by Crippen LogP contribution is 2.13. The van der Waals surface area contributed by atoms with Crippen LogP contribution in [0.4, 0.5) is 0 Å². The van der Waals surface area contributed by atoms with Crippen molar-refractivity contribution < 1.29 is 13.2 Å². The van der Waals surface area contributed by atoms with Crippen LogP contribution in [0.15, 0.2) is 59.5 Å². The summed E-state index contributed by atoms with van der Waals surface area (Å²) in [6.07, 6.45) is 0. The van der Waals surface area contributed by atoms with Crippen LogP contribution in [-0.2, 0) is 10.0 Å². The SMILES string of the molecule is Cc1ccccc1S(=O)(=O)NNC(=O)c1ccccc1. The predicted molar refractivity (Wildman–Crippen MR) is 75.4 cm³/mol. The van der Waals surface area contributed by atoms with Crippen LogP contribution in [-0.4, -0.2) is 14.3 Å². The van der Waals surface area contributed by atoms with E-state index in [0.29, 0.717) is 11.1 Å². The number of nitrogens with one attached hydrogen (secondary N) is 2.